The van der Waals surface area contributed by atoms with Gasteiger partial charge < -0.3 is 4.90 Å². The molecule has 0 spiro atoms. The first kappa shape index (κ1) is 16.0. The molecule has 0 aliphatic heterocycles. The van der Waals surface area contributed by atoms with Gasteiger partial charge in [0.1, 0.15) is 5.75 Å². The molecule has 4 nitrogen and oxygen atoms in total. The fourth-order valence-corrected chi connectivity index (χ4v) is 4.30. The van der Waals surface area contributed by atoms with Crippen molar-refractivity contribution in [2.45, 2.75) is 43.5 Å². The lowest BCUT2D eigenvalue weighted by Gasteiger charge is -2.36. The molecule has 1 aromatic rings. The van der Waals surface area contributed by atoms with E-state index >= 15 is 0 Å². The summed E-state index contributed by atoms with van der Waals surface area (Å²) in [6, 6.07) is 8.33. The van der Waals surface area contributed by atoms with E-state index in [1.807, 2.05) is 0 Å². The number of amides is 1. The van der Waals surface area contributed by atoms with E-state index in [0.29, 0.717) is 5.92 Å². The van der Waals surface area contributed by atoms with Crippen LogP contribution in [0.3, 0.4) is 0 Å². The zero-order valence-corrected chi connectivity index (χ0v) is 13.5. The van der Waals surface area contributed by atoms with Crippen molar-refractivity contribution >= 4 is 15.7 Å². The lowest BCUT2D eigenvalue weighted by Crippen LogP contribution is -2.44. The van der Waals surface area contributed by atoms with Gasteiger partial charge in [-0.3, -0.25) is 4.79 Å². The first-order chi connectivity index (χ1) is 9.92. The van der Waals surface area contributed by atoms with Crippen LogP contribution < -0.4 is 0 Å². The summed E-state index contributed by atoms with van der Waals surface area (Å²) in [6.07, 6.45) is 4.38. The van der Waals surface area contributed by atoms with Crippen LogP contribution in [0.5, 0.6) is 0 Å². The average Bonchev–Trinajstić information content (AvgIpc) is 2.47. The van der Waals surface area contributed by atoms with Crippen molar-refractivity contribution in [2.75, 3.05) is 12.8 Å². The topological polar surface area (TPSA) is 54.5 Å². The van der Waals surface area contributed by atoms with E-state index < -0.39 is 15.6 Å². The summed E-state index contributed by atoms with van der Waals surface area (Å²) in [4.78, 5) is 14.2. The lowest BCUT2D eigenvalue weighted by atomic mass is 9.85. The molecule has 2 rings (SSSR count). The fourth-order valence-electron chi connectivity index (χ4n) is 3.03. The van der Waals surface area contributed by atoms with Crippen LogP contribution in [0.25, 0.3) is 0 Å². The zero-order valence-electron chi connectivity index (χ0n) is 12.7. The minimum atomic E-state index is -3.55. The molecule has 0 aromatic heterocycles. The highest BCUT2D eigenvalue weighted by Gasteiger charge is 2.30. The van der Waals surface area contributed by atoms with Gasteiger partial charge in [0, 0.05) is 13.1 Å². The Morgan fingerprint density at radius 3 is 2.43 bits per heavy atom. The Labute approximate surface area is 127 Å². The summed E-state index contributed by atoms with van der Waals surface area (Å²) in [5.74, 6) is -0.318. The van der Waals surface area contributed by atoms with E-state index in [2.05, 4.69) is 6.92 Å². The first-order valence-corrected chi connectivity index (χ1v) is 9.10. The van der Waals surface area contributed by atoms with E-state index in [4.69, 9.17) is 0 Å². The SMILES string of the molecule is CC1CCCCC1N(C)C(=O)CS(=O)(=O)c1ccccc1. The predicted octanol–water partition coefficient (Wildman–Crippen LogP) is 2.50. The third kappa shape index (κ3) is 3.84. The summed E-state index contributed by atoms with van der Waals surface area (Å²) in [5.41, 5.74) is 0. The third-order valence-electron chi connectivity index (χ3n) is 4.37. The van der Waals surface area contributed by atoms with Gasteiger partial charge in [0.15, 0.2) is 9.84 Å². The second kappa shape index (κ2) is 6.60. The number of carbonyl (C=O) groups is 1. The van der Waals surface area contributed by atoms with E-state index in [0.717, 1.165) is 19.3 Å². The Morgan fingerprint density at radius 1 is 1.19 bits per heavy atom. The largest absolute Gasteiger partial charge is 0.342 e. The minimum Gasteiger partial charge on any atom is -0.342 e. The van der Waals surface area contributed by atoms with E-state index in [9.17, 15) is 13.2 Å². The fraction of sp³-hybridized carbons (Fsp3) is 0.562. The van der Waals surface area contributed by atoms with Crippen molar-refractivity contribution in [1.82, 2.24) is 4.90 Å². The standard InChI is InChI=1S/C16H23NO3S/c1-13-8-6-7-11-15(13)17(2)16(18)12-21(19,20)14-9-4-3-5-10-14/h3-5,9-10,13,15H,6-8,11-12H2,1-2H3. The van der Waals surface area contributed by atoms with Gasteiger partial charge in [-0.15, -0.1) is 0 Å². The predicted molar refractivity (Wildman–Crippen MR) is 82.7 cm³/mol. The highest BCUT2D eigenvalue weighted by molar-refractivity contribution is 7.92. The second-order valence-corrected chi connectivity index (χ2v) is 7.90. The summed E-state index contributed by atoms with van der Waals surface area (Å²) < 4.78 is 24.5. The van der Waals surface area contributed by atoms with Crippen molar-refractivity contribution in [1.29, 1.82) is 0 Å². The van der Waals surface area contributed by atoms with Crippen LogP contribution in [-0.4, -0.2) is 38.1 Å². The van der Waals surface area contributed by atoms with Gasteiger partial charge in [-0.1, -0.05) is 38.0 Å². The molecule has 1 amide bonds. The number of nitrogens with zero attached hydrogens (tertiary/aromatic N) is 1. The summed E-state index contributed by atoms with van der Waals surface area (Å²) in [6.45, 7) is 2.14. The first-order valence-electron chi connectivity index (χ1n) is 7.45. The van der Waals surface area contributed by atoms with Gasteiger partial charge in [-0.2, -0.15) is 0 Å². The van der Waals surface area contributed by atoms with Crippen molar-refractivity contribution in [3.05, 3.63) is 30.3 Å². The van der Waals surface area contributed by atoms with Gasteiger partial charge in [-0.05, 0) is 30.9 Å². The van der Waals surface area contributed by atoms with E-state index in [1.165, 1.54) is 18.6 Å². The molecule has 1 aliphatic rings. The molecule has 21 heavy (non-hydrogen) atoms. The highest BCUT2D eigenvalue weighted by atomic mass is 32.2. The van der Waals surface area contributed by atoms with Crippen LogP contribution in [0.4, 0.5) is 0 Å². The third-order valence-corrected chi connectivity index (χ3v) is 5.99. The Kier molecular flexibility index (Phi) is 5.04. The maximum atomic E-state index is 12.3. The second-order valence-electron chi connectivity index (χ2n) is 5.91. The molecule has 1 fully saturated rings. The quantitative estimate of drug-likeness (QED) is 0.858. The smallest absolute Gasteiger partial charge is 0.238 e. The molecule has 5 heteroatoms. The van der Waals surface area contributed by atoms with Crippen LogP contribution in [0, 0.1) is 5.92 Å². The summed E-state index contributed by atoms with van der Waals surface area (Å²) in [5, 5.41) is 0. The van der Waals surface area contributed by atoms with Crippen LogP contribution >= 0.6 is 0 Å². The monoisotopic (exact) mass is 309 g/mol. The molecule has 2 atom stereocenters. The zero-order chi connectivity index (χ0) is 15.5. The maximum Gasteiger partial charge on any atom is 0.238 e. The Balaban J connectivity index is 2.07. The lowest BCUT2D eigenvalue weighted by molar-refractivity contribution is -0.130. The highest BCUT2D eigenvalue weighted by Crippen LogP contribution is 2.27. The molecule has 2 unspecified atom stereocenters. The average molecular weight is 309 g/mol. The number of hydrogen-bond donors (Lipinski definition) is 0. The maximum absolute atomic E-state index is 12.3. The molecule has 1 saturated carbocycles. The molecular formula is C16H23NO3S. The van der Waals surface area contributed by atoms with Crippen LogP contribution in [0.1, 0.15) is 32.6 Å². The van der Waals surface area contributed by atoms with Gasteiger partial charge >= 0.3 is 0 Å². The number of hydrogen-bond acceptors (Lipinski definition) is 3. The van der Waals surface area contributed by atoms with Crippen molar-refractivity contribution < 1.29 is 13.2 Å². The van der Waals surface area contributed by atoms with Crippen LogP contribution in [0.15, 0.2) is 35.2 Å². The van der Waals surface area contributed by atoms with Crippen molar-refractivity contribution in [3.8, 4) is 0 Å². The molecule has 0 bridgehead atoms. The molecule has 0 saturated heterocycles. The number of benzene rings is 1. The van der Waals surface area contributed by atoms with Crippen molar-refractivity contribution in [3.63, 3.8) is 0 Å². The van der Waals surface area contributed by atoms with Gasteiger partial charge in [0.25, 0.3) is 0 Å². The van der Waals surface area contributed by atoms with Crippen LogP contribution in [0.2, 0.25) is 0 Å². The van der Waals surface area contributed by atoms with Gasteiger partial charge in [-0.25, -0.2) is 8.42 Å². The van der Waals surface area contributed by atoms with Crippen LogP contribution in [-0.2, 0) is 14.6 Å². The number of rotatable bonds is 4. The minimum absolute atomic E-state index is 0.164. The summed E-state index contributed by atoms with van der Waals surface area (Å²) in [7, 11) is -1.82. The Bertz CT molecular complexity index is 583. The molecule has 1 aromatic carbocycles. The molecule has 0 radical (unpaired) electrons. The molecule has 1 aliphatic carbocycles. The molecule has 0 heterocycles. The molecular weight excluding hydrogens is 286 g/mol. The Morgan fingerprint density at radius 2 is 1.81 bits per heavy atom. The van der Waals surface area contributed by atoms with Gasteiger partial charge in [0.2, 0.25) is 5.91 Å². The molecule has 0 N–H and O–H groups in total. The van der Waals surface area contributed by atoms with Gasteiger partial charge in [0.05, 0.1) is 4.90 Å². The van der Waals surface area contributed by atoms with Crippen molar-refractivity contribution in [2.24, 2.45) is 5.92 Å². The molecule has 116 valence electrons. The number of carbonyl (C=O) groups excluding carboxylic acids is 1. The van der Waals surface area contributed by atoms with E-state index in [1.54, 1.807) is 30.1 Å². The number of sulfone groups is 1. The summed E-state index contributed by atoms with van der Waals surface area (Å²) >= 11 is 0. The van der Waals surface area contributed by atoms with E-state index in [-0.39, 0.29) is 16.8 Å². The normalized spacial score (nSPS) is 22.8. The Hall–Kier alpha value is -1.36.